The van der Waals surface area contributed by atoms with Crippen molar-refractivity contribution in [3.8, 4) is 5.75 Å². The van der Waals surface area contributed by atoms with E-state index in [0.29, 0.717) is 6.54 Å². The first-order valence-corrected chi connectivity index (χ1v) is 4.09. The van der Waals surface area contributed by atoms with Gasteiger partial charge in [-0.2, -0.15) is 0 Å². The molecule has 1 rings (SSSR count). The van der Waals surface area contributed by atoms with E-state index in [4.69, 9.17) is 5.73 Å². The van der Waals surface area contributed by atoms with Crippen molar-refractivity contribution in [2.24, 2.45) is 5.73 Å². The van der Waals surface area contributed by atoms with Crippen molar-refractivity contribution in [1.29, 1.82) is 0 Å². The van der Waals surface area contributed by atoms with Crippen LogP contribution in [0.2, 0.25) is 0 Å². The predicted octanol–water partition coefficient (Wildman–Crippen LogP) is 1.92. The lowest BCUT2D eigenvalue weighted by Crippen LogP contribution is -1.92. The van der Waals surface area contributed by atoms with E-state index in [1.807, 2.05) is 12.1 Å². The molecule has 0 unspecified atom stereocenters. The van der Waals surface area contributed by atoms with E-state index in [2.05, 4.69) is 6.58 Å². The van der Waals surface area contributed by atoms with Crippen LogP contribution in [0, 0.1) is 0 Å². The lowest BCUT2D eigenvalue weighted by molar-refractivity contribution is 0.474. The summed E-state index contributed by atoms with van der Waals surface area (Å²) in [6.45, 7) is 4.30. The van der Waals surface area contributed by atoms with Gasteiger partial charge in [0.1, 0.15) is 5.75 Å². The third-order valence-corrected chi connectivity index (χ3v) is 1.71. The molecule has 2 nitrogen and oxygen atoms in total. The molecule has 0 heterocycles. The van der Waals surface area contributed by atoms with Gasteiger partial charge in [0.2, 0.25) is 0 Å². The minimum atomic E-state index is 0.245. The maximum Gasteiger partial charge on any atom is 0.123 e. The van der Waals surface area contributed by atoms with Crippen LogP contribution in [0.3, 0.4) is 0 Å². The van der Waals surface area contributed by atoms with Crippen LogP contribution in [-0.2, 0) is 0 Å². The molecule has 0 aliphatic heterocycles. The number of phenolic OH excluding ortho intramolecular Hbond substituents is 1. The van der Waals surface area contributed by atoms with E-state index in [0.717, 1.165) is 11.1 Å². The van der Waals surface area contributed by atoms with E-state index in [1.54, 1.807) is 24.3 Å². The molecular weight excluding hydrogens is 162 g/mol. The second kappa shape index (κ2) is 4.48. The summed E-state index contributed by atoms with van der Waals surface area (Å²) in [7, 11) is 0. The van der Waals surface area contributed by atoms with Crippen molar-refractivity contribution in [2.45, 2.75) is 0 Å². The van der Waals surface area contributed by atoms with Crippen LogP contribution in [0.1, 0.15) is 5.56 Å². The Kier molecular flexibility index (Phi) is 3.29. The molecular formula is C11H13NO. The van der Waals surface area contributed by atoms with Crippen molar-refractivity contribution in [2.75, 3.05) is 6.54 Å². The third-order valence-electron chi connectivity index (χ3n) is 1.71. The van der Waals surface area contributed by atoms with Crippen molar-refractivity contribution < 1.29 is 5.11 Å². The Morgan fingerprint density at radius 2 is 2.15 bits per heavy atom. The van der Waals surface area contributed by atoms with Crippen molar-refractivity contribution in [3.63, 3.8) is 0 Å². The van der Waals surface area contributed by atoms with Crippen LogP contribution in [0.5, 0.6) is 5.75 Å². The molecule has 68 valence electrons. The minimum Gasteiger partial charge on any atom is -0.507 e. The summed E-state index contributed by atoms with van der Waals surface area (Å²) in [4.78, 5) is 0. The second-order valence-corrected chi connectivity index (χ2v) is 2.68. The average Bonchev–Trinajstić information content (AvgIpc) is 2.15. The smallest absolute Gasteiger partial charge is 0.123 e. The van der Waals surface area contributed by atoms with Gasteiger partial charge in [-0.1, -0.05) is 36.9 Å². The summed E-state index contributed by atoms with van der Waals surface area (Å²) in [5.41, 5.74) is 6.81. The number of rotatable bonds is 3. The van der Waals surface area contributed by atoms with Crippen LogP contribution in [-0.4, -0.2) is 11.7 Å². The highest BCUT2D eigenvalue weighted by molar-refractivity contribution is 5.75. The van der Waals surface area contributed by atoms with Gasteiger partial charge < -0.3 is 10.8 Å². The molecule has 1 aromatic rings. The van der Waals surface area contributed by atoms with Gasteiger partial charge in [0.15, 0.2) is 0 Å². The molecule has 0 aliphatic carbocycles. The number of aromatic hydroxyl groups is 1. The topological polar surface area (TPSA) is 46.2 Å². The normalized spacial score (nSPS) is 10.5. The number of phenols is 1. The molecule has 0 aromatic heterocycles. The lowest BCUT2D eigenvalue weighted by atomic mass is 10.1. The van der Waals surface area contributed by atoms with Gasteiger partial charge in [-0.25, -0.2) is 0 Å². The first-order valence-electron chi connectivity index (χ1n) is 4.09. The van der Waals surface area contributed by atoms with Gasteiger partial charge in [0.05, 0.1) is 0 Å². The molecule has 0 fully saturated rings. The van der Waals surface area contributed by atoms with E-state index in [9.17, 15) is 5.11 Å². The Morgan fingerprint density at radius 1 is 1.46 bits per heavy atom. The number of allylic oxidation sites excluding steroid dienone is 2. The summed E-state index contributed by atoms with van der Waals surface area (Å²) in [5.74, 6) is 0.245. The molecule has 0 aliphatic rings. The summed E-state index contributed by atoms with van der Waals surface area (Å²) in [5, 5.41) is 9.45. The molecule has 0 saturated heterocycles. The lowest BCUT2D eigenvalue weighted by Gasteiger charge is -2.02. The summed E-state index contributed by atoms with van der Waals surface area (Å²) in [6.07, 6.45) is 3.60. The molecule has 0 bridgehead atoms. The Labute approximate surface area is 78.0 Å². The maximum absolute atomic E-state index is 9.45. The Balaban J connectivity index is 2.89. The fourth-order valence-electron chi connectivity index (χ4n) is 1.05. The fraction of sp³-hybridized carbons (Fsp3) is 0.0909. The van der Waals surface area contributed by atoms with E-state index < -0.39 is 0 Å². The van der Waals surface area contributed by atoms with Crippen molar-refractivity contribution in [3.05, 3.63) is 48.6 Å². The monoisotopic (exact) mass is 175 g/mol. The Bertz CT molecular complexity index is 329. The standard InChI is InChI=1S/C11H13NO/c1-9(5-4-8-12)10-6-2-3-7-11(10)13/h2-7,13H,1,8,12H2/b5-4+. The van der Waals surface area contributed by atoms with Gasteiger partial charge in [-0.05, 0) is 11.6 Å². The second-order valence-electron chi connectivity index (χ2n) is 2.68. The maximum atomic E-state index is 9.45. The summed E-state index contributed by atoms with van der Waals surface area (Å²) >= 11 is 0. The number of hydrogen-bond acceptors (Lipinski definition) is 2. The summed E-state index contributed by atoms with van der Waals surface area (Å²) in [6, 6.07) is 7.09. The number of benzene rings is 1. The molecule has 13 heavy (non-hydrogen) atoms. The van der Waals surface area contributed by atoms with Gasteiger partial charge in [0.25, 0.3) is 0 Å². The van der Waals surface area contributed by atoms with E-state index in [1.165, 1.54) is 0 Å². The predicted molar refractivity (Wildman–Crippen MR) is 55.3 cm³/mol. The largest absolute Gasteiger partial charge is 0.507 e. The summed E-state index contributed by atoms with van der Waals surface area (Å²) < 4.78 is 0. The minimum absolute atomic E-state index is 0.245. The Morgan fingerprint density at radius 3 is 2.77 bits per heavy atom. The SMILES string of the molecule is C=C(/C=C/CN)c1ccccc1O. The zero-order valence-corrected chi connectivity index (χ0v) is 7.40. The molecule has 0 radical (unpaired) electrons. The van der Waals surface area contributed by atoms with Crippen LogP contribution in [0.25, 0.3) is 5.57 Å². The highest BCUT2D eigenvalue weighted by Crippen LogP contribution is 2.23. The molecule has 0 saturated carbocycles. The number of hydrogen-bond donors (Lipinski definition) is 2. The fourth-order valence-corrected chi connectivity index (χ4v) is 1.05. The van der Waals surface area contributed by atoms with E-state index in [-0.39, 0.29) is 5.75 Å². The van der Waals surface area contributed by atoms with Gasteiger partial charge in [-0.15, -0.1) is 0 Å². The first-order chi connectivity index (χ1) is 6.25. The zero-order valence-electron chi connectivity index (χ0n) is 7.40. The highest BCUT2D eigenvalue weighted by Gasteiger charge is 1.99. The van der Waals surface area contributed by atoms with Gasteiger partial charge in [-0.3, -0.25) is 0 Å². The first kappa shape index (κ1) is 9.55. The van der Waals surface area contributed by atoms with Gasteiger partial charge >= 0.3 is 0 Å². The molecule has 2 heteroatoms. The number of nitrogens with two attached hydrogens (primary N) is 1. The van der Waals surface area contributed by atoms with Crippen LogP contribution in [0.15, 0.2) is 43.0 Å². The van der Waals surface area contributed by atoms with Crippen LogP contribution in [0.4, 0.5) is 0 Å². The zero-order chi connectivity index (χ0) is 9.68. The molecule has 3 N–H and O–H groups in total. The molecule has 0 amide bonds. The quantitative estimate of drug-likeness (QED) is 0.689. The number of para-hydroxylation sites is 1. The molecule has 0 atom stereocenters. The molecule has 0 spiro atoms. The highest BCUT2D eigenvalue weighted by atomic mass is 16.3. The van der Waals surface area contributed by atoms with Crippen LogP contribution < -0.4 is 5.73 Å². The van der Waals surface area contributed by atoms with Gasteiger partial charge in [0, 0.05) is 12.1 Å². The van der Waals surface area contributed by atoms with E-state index >= 15 is 0 Å². The Hall–Kier alpha value is -1.54. The van der Waals surface area contributed by atoms with Crippen molar-refractivity contribution in [1.82, 2.24) is 0 Å². The average molecular weight is 175 g/mol. The van der Waals surface area contributed by atoms with Crippen molar-refractivity contribution >= 4 is 5.57 Å². The van der Waals surface area contributed by atoms with Crippen LogP contribution >= 0.6 is 0 Å². The third kappa shape index (κ3) is 2.46. The molecule has 1 aromatic carbocycles.